The van der Waals surface area contributed by atoms with Gasteiger partial charge in [0.2, 0.25) is 0 Å². The number of hydrogen-bond donors (Lipinski definition) is 0. The number of aromatic nitrogens is 8. The van der Waals surface area contributed by atoms with E-state index in [1.807, 2.05) is 49.1 Å². The zero-order valence-electron chi connectivity index (χ0n) is 52.3. The molecule has 8 heterocycles. The lowest BCUT2D eigenvalue weighted by molar-refractivity contribution is 1.13. The molecule has 0 unspecified atom stereocenters. The molecule has 16 aromatic rings. The molecule has 0 atom stereocenters. The van der Waals surface area contributed by atoms with Gasteiger partial charge in [0.25, 0.3) is 0 Å². The SMILES string of the molecule is Cc1nc2ncccc2c(C)c1N(c1ccccc1)c1cc(N(c2ccccc2)c2c(C)nc3ncccc3c2C)c2ccc3c(N(c4ccccc4)c4c(C)nc5ncccc5c4C)cc(N(c4ccccc4)c4c(C)nc5ncccc5c4C)c4ccc1c2c43. The Balaban J connectivity index is 1.14. The van der Waals surface area contributed by atoms with E-state index in [1.54, 1.807) is 0 Å². The summed E-state index contributed by atoms with van der Waals surface area (Å²) in [6, 6.07) is 73.7. The van der Waals surface area contributed by atoms with Gasteiger partial charge in [-0.25, -0.2) is 39.9 Å². The molecule has 0 radical (unpaired) electrons. The van der Waals surface area contributed by atoms with E-state index in [2.05, 4.69) is 257 Å². The first kappa shape index (κ1) is 55.5. The lowest BCUT2D eigenvalue weighted by Gasteiger charge is -2.36. The van der Waals surface area contributed by atoms with Crippen LogP contribution in [0.3, 0.4) is 0 Å². The largest absolute Gasteiger partial charge is 0.308 e. The van der Waals surface area contributed by atoms with Crippen molar-refractivity contribution in [2.24, 2.45) is 0 Å². The van der Waals surface area contributed by atoms with Gasteiger partial charge in [0, 0.05) is 101 Å². The quantitative estimate of drug-likeness (QED) is 0.108. The minimum absolute atomic E-state index is 0.701. The van der Waals surface area contributed by atoms with E-state index in [0.717, 1.165) is 167 Å². The van der Waals surface area contributed by atoms with Crippen LogP contribution < -0.4 is 19.6 Å². The summed E-state index contributed by atoms with van der Waals surface area (Å²) in [6.45, 7) is 17.3. The van der Waals surface area contributed by atoms with Crippen LogP contribution in [0, 0.1) is 55.4 Å². The lowest BCUT2D eigenvalue weighted by atomic mass is 9.88. The average molecular weight is 1190 g/mol. The first-order chi connectivity index (χ1) is 45.0. The minimum Gasteiger partial charge on any atom is -0.308 e. The maximum Gasteiger partial charge on any atom is 0.159 e. The Bertz CT molecular complexity index is 4910. The molecule has 0 aliphatic heterocycles. The van der Waals surface area contributed by atoms with Gasteiger partial charge >= 0.3 is 0 Å². The maximum absolute atomic E-state index is 5.31. The third kappa shape index (κ3) is 8.81. The topological polar surface area (TPSA) is 116 Å². The molecule has 92 heavy (non-hydrogen) atoms. The van der Waals surface area contributed by atoms with Crippen LogP contribution in [-0.2, 0) is 0 Å². The van der Waals surface area contributed by atoms with Crippen LogP contribution in [0.15, 0.2) is 231 Å². The van der Waals surface area contributed by atoms with Crippen LogP contribution in [0.2, 0.25) is 0 Å². The van der Waals surface area contributed by atoms with E-state index in [-0.39, 0.29) is 0 Å². The molecule has 8 aromatic heterocycles. The number of hydrogen-bond acceptors (Lipinski definition) is 12. The summed E-state index contributed by atoms with van der Waals surface area (Å²) in [6.07, 6.45) is 7.29. The smallest absolute Gasteiger partial charge is 0.159 e. The molecule has 0 saturated carbocycles. The van der Waals surface area contributed by atoms with Crippen LogP contribution in [0.4, 0.5) is 68.2 Å². The van der Waals surface area contributed by atoms with Gasteiger partial charge in [-0.3, -0.25) is 0 Å². The van der Waals surface area contributed by atoms with E-state index in [1.165, 1.54) is 0 Å². The predicted octanol–water partition coefficient (Wildman–Crippen LogP) is 20.7. The van der Waals surface area contributed by atoms with Gasteiger partial charge in [-0.15, -0.1) is 0 Å². The Morgan fingerprint density at radius 1 is 0.228 bits per heavy atom. The molecule has 442 valence electrons. The number of aryl methyl sites for hydroxylation is 8. The molecule has 0 N–H and O–H groups in total. The van der Waals surface area contributed by atoms with Crippen molar-refractivity contribution in [2.45, 2.75) is 55.4 Å². The standard InChI is InChI=1S/C80H62N12/c1-47-59-33-21-41-81-77(59)85-51(5)73(47)89(55-25-13-9-14-26-55)67-45-68(90(56-27-15-10-16-28-56)74-48(2)60-34-22-42-82-78(60)86-52(74)6)64-39-40-66-70(92(58-31-19-12-20-32-58)76-50(4)62-36-24-44-84-80(62)88-54(76)8)46-69(65-38-37-63(67)71(64)72(65)66)91(57-29-17-11-18-30-57)75-49(3)61-35-23-43-83-79(61)87-53(75)7/h9-46H,1-8H3. The van der Waals surface area contributed by atoms with Crippen molar-refractivity contribution in [1.82, 2.24) is 39.9 Å². The highest BCUT2D eigenvalue weighted by atomic mass is 15.2. The normalized spacial score (nSPS) is 11.7. The number of fused-ring (bicyclic) bond motifs is 4. The zero-order valence-corrected chi connectivity index (χ0v) is 52.3. The molecule has 0 saturated heterocycles. The Hall–Kier alpha value is -11.8. The van der Waals surface area contributed by atoms with Gasteiger partial charge in [0.15, 0.2) is 22.6 Å². The Morgan fingerprint density at radius 3 is 0.663 bits per heavy atom. The van der Waals surface area contributed by atoms with Gasteiger partial charge in [-0.1, -0.05) is 97.1 Å². The van der Waals surface area contributed by atoms with Crippen LogP contribution in [0.25, 0.3) is 76.5 Å². The van der Waals surface area contributed by atoms with Gasteiger partial charge in [-0.2, -0.15) is 0 Å². The van der Waals surface area contributed by atoms with Crippen molar-refractivity contribution in [1.29, 1.82) is 0 Å². The number of nitrogens with zero attached hydrogens (tertiary/aromatic N) is 12. The van der Waals surface area contributed by atoms with Crippen LogP contribution in [0.1, 0.15) is 45.0 Å². The third-order valence-electron chi connectivity index (χ3n) is 18.4. The molecule has 0 spiro atoms. The van der Waals surface area contributed by atoms with E-state index in [0.29, 0.717) is 22.6 Å². The molecule has 12 nitrogen and oxygen atoms in total. The number of anilines is 12. The minimum atomic E-state index is 0.701. The molecule has 0 amide bonds. The molecule has 8 aromatic carbocycles. The second kappa shape index (κ2) is 22.1. The summed E-state index contributed by atoms with van der Waals surface area (Å²) in [4.78, 5) is 50.2. The third-order valence-corrected chi connectivity index (χ3v) is 18.4. The number of pyridine rings is 8. The molecule has 12 heteroatoms. The molecule has 0 aliphatic rings. The van der Waals surface area contributed by atoms with Crippen molar-refractivity contribution in [3.8, 4) is 0 Å². The molecular weight excluding hydrogens is 1130 g/mol. The lowest BCUT2D eigenvalue weighted by Crippen LogP contribution is -2.19. The first-order valence-corrected chi connectivity index (χ1v) is 31.1. The van der Waals surface area contributed by atoms with Gasteiger partial charge in [0.05, 0.1) is 68.3 Å². The fourth-order valence-electron chi connectivity index (χ4n) is 14.4. The highest BCUT2D eigenvalue weighted by molar-refractivity contribution is 6.33. The fourth-order valence-corrected chi connectivity index (χ4v) is 14.4. The van der Waals surface area contributed by atoms with Gasteiger partial charge in [0.1, 0.15) is 0 Å². The van der Waals surface area contributed by atoms with Crippen molar-refractivity contribution in [3.63, 3.8) is 0 Å². The highest BCUT2D eigenvalue weighted by Crippen LogP contribution is 2.57. The predicted molar refractivity (Wildman–Crippen MR) is 379 cm³/mol. The Kier molecular flexibility index (Phi) is 13.3. The van der Waals surface area contributed by atoms with E-state index in [4.69, 9.17) is 39.9 Å². The van der Waals surface area contributed by atoms with Crippen molar-refractivity contribution >= 4 is 145 Å². The molecule has 0 bridgehead atoms. The highest BCUT2D eigenvalue weighted by Gasteiger charge is 2.33. The molecule has 16 rings (SSSR count). The second-order valence-corrected chi connectivity index (χ2v) is 23.8. The summed E-state index contributed by atoms with van der Waals surface area (Å²) in [5.74, 6) is 0. The summed E-state index contributed by atoms with van der Waals surface area (Å²) >= 11 is 0. The Labute approximate surface area is 532 Å². The summed E-state index contributed by atoms with van der Waals surface area (Å²) in [5, 5.41) is 10.2. The van der Waals surface area contributed by atoms with Gasteiger partial charge in [-0.05, 0) is 187 Å². The van der Waals surface area contributed by atoms with E-state index < -0.39 is 0 Å². The molecule has 0 aliphatic carbocycles. The van der Waals surface area contributed by atoms with E-state index in [9.17, 15) is 0 Å². The monoisotopic (exact) mass is 1190 g/mol. The summed E-state index contributed by atoms with van der Waals surface area (Å²) < 4.78 is 0. The van der Waals surface area contributed by atoms with E-state index >= 15 is 0 Å². The number of benzene rings is 8. The summed E-state index contributed by atoms with van der Waals surface area (Å²) in [7, 11) is 0. The van der Waals surface area contributed by atoms with Crippen LogP contribution in [-0.4, -0.2) is 39.9 Å². The number of rotatable bonds is 12. The fraction of sp³-hybridized carbons (Fsp3) is 0.100. The van der Waals surface area contributed by atoms with Crippen LogP contribution in [0.5, 0.6) is 0 Å². The van der Waals surface area contributed by atoms with Crippen LogP contribution >= 0.6 is 0 Å². The maximum atomic E-state index is 5.31. The molecule has 0 fully saturated rings. The Morgan fingerprint density at radius 2 is 0.446 bits per heavy atom. The first-order valence-electron chi connectivity index (χ1n) is 31.1. The average Bonchev–Trinajstić information content (AvgIpc) is 0.699. The van der Waals surface area contributed by atoms with Crippen molar-refractivity contribution in [3.05, 3.63) is 276 Å². The second-order valence-electron chi connectivity index (χ2n) is 23.8. The van der Waals surface area contributed by atoms with Crippen molar-refractivity contribution < 1.29 is 0 Å². The molecular formula is C80H62N12. The van der Waals surface area contributed by atoms with Crippen molar-refractivity contribution in [2.75, 3.05) is 19.6 Å². The summed E-state index contributed by atoms with van der Waals surface area (Å²) in [5.41, 5.74) is 22.0. The van der Waals surface area contributed by atoms with Gasteiger partial charge < -0.3 is 19.6 Å². The number of para-hydroxylation sites is 4. The zero-order chi connectivity index (χ0) is 62.5.